The summed E-state index contributed by atoms with van der Waals surface area (Å²) in [6, 6.07) is 26.3. The molecule has 3 heterocycles. The summed E-state index contributed by atoms with van der Waals surface area (Å²) in [5, 5.41) is 17.9. The van der Waals surface area contributed by atoms with E-state index in [0.29, 0.717) is 11.4 Å². The zero-order valence-electron chi connectivity index (χ0n) is 27.1. The van der Waals surface area contributed by atoms with E-state index in [9.17, 15) is 14.4 Å². The molecule has 1 saturated carbocycles. The molecule has 0 N–H and O–H groups in total. The van der Waals surface area contributed by atoms with Gasteiger partial charge in [-0.25, -0.2) is 9.91 Å². The van der Waals surface area contributed by atoms with E-state index in [0.717, 1.165) is 58.2 Å². The summed E-state index contributed by atoms with van der Waals surface area (Å²) >= 11 is 0. The lowest BCUT2D eigenvalue weighted by molar-refractivity contribution is -0.136. The molecule has 11 heteroatoms. The van der Waals surface area contributed by atoms with Gasteiger partial charge >= 0.3 is 0 Å². The molecule has 4 unspecified atom stereocenters. The van der Waals surface area contributed by atoms with Crippen molar-refractivity contribution in [1.82, 2.24) is 10.0 Å². The monoisotopic (exact) mass is 654 g/mol. The van der Waals surface area contributed by atoms with Crippen molar-refractivity contribution in [3.63, 3.8) is 0 Å². The smallest absolute Gasteiger partial charge is 0.264 e. The van der Waals surface area contributed by atoms with Crippen LogP contribution in [0.3, 0.4) is 0 Å². The molecule has 4 aromatic carbocycles. The van der Waals surface area contributed by atoms with E-state index < -0.39 is 23.9 Å². The molecule has 0 aromatic heterocycles. The number of rotatable bonds is 7. The van der Waals surface area contributed by atoms with Gasteiger partial charge in [-0.1, -0.05) is 65.9 Å². The summed E-state index contributed by atoms with van der Waals surface area (Å²) in [6.07, 6.45) is 4.78. The van der Waals surface area contributed by atoms with Gasteiger partial charge in [-0.3, -0.25) is 19.4 Å². The number of carbonyl (C=O) groups excluding carboxylic acids is 3. The number of nitrogens with zero attached hydrogens (tertiary/aromatic N) is 6. The minimum Gasteiger partial charge on any atom is -0.497 e. The maximum Gasteiger partial charge on any atom is 0.264 e. The van der Waals surface area contributed by atoms with Gasteiger partial charge in [0.1, 0.15) is 18.0 Å². The van der Waals surface area contributed by atoms with Crippen LogP contribution in [0.5, 0.6) is 11.5 Å². The first-order valence-corrected chi connectivity index (χ1v) is 16.4. The SMILES string of the molecule is COc1ccc(C=C2CCCC3C2=NN(C(=O)CN2N=NC4C(=O)N(c5cccc6ccccc56)C(=O)C42)C3c2ccc(OC)cc2)cc1. The summed E-state index contributed by atoms with van der Waals surface area (Å²) in [5.74, 6) is 0.217. The molecule has 4 aliphatic rings. The molecule has 2 fully saturated rings. The number of carbonyl (C=O) groups is 3. The largest absolute Gasteiger partial charge is 0.497 e. The molecule has 0 bridgehead atoms. The number of hydrazone groups is 1. The van der Waals surface area contributed by atoms with E-state index >= 15 is 0 Å². The van der Waals surface area contributed by atoms with Gasteiger partial charge in [0.2, 0.25) is 0 Å². The number of hydrogen-bond donors (Lipinski definition) is 0. The topological polar surface area (TPSA) is 116 Å². The maximum atomic E-state index is 14.3. The van der Waals surface area contributed by atoms with Crippen molar-refractivity contribution in [1.29, 1.82) is 0 Å². The second-order valence-corrected chi connectivity index (χ2v) is 12.6. The van der Waals surface area contributed by atoms with Crippen LogP contribution in [-0.2, 0) is 14.4 Å². The van der Waals surface area contributed by atoms with Crippen molar-refractivity contribution in [2.45, 2.75) is 37.4 Å². The molecule has 49 heavy (non-hydrogen) atoms. The van der Waals surface area contributed by atoms with E-state index in [4.69, 9.17) is 14.6 Å². The van der Waals surface area contributed by atoms with Crippen LogP contribution >= 0.6 is 0 Å². The van der Waals surface area contributed by atoms with Gasteiger partial charge in [0, 0.05) is 11.3 Å². The lowest BCUT2D eigenvalue weighted by atomic mass is 9.77. The predicted octanol–water partition coefficient (Wildman–Crippen LogP) is 5.97. The first-order chi connectivity index (χ1) is 23.9. The molecule has 0 radical (unpaired) electrons. The van der Waals surface area contributed by atoms with Crippen LogP contribution in [0.25, 0.3) is 16.8 Å². The molecule has 0 spiro atoms. The fourth-order valence-electron chi connectivity index (χ4n) is 7.45. The molecule has 4 aromatic rings. The predicted molar refractivity (Wildman–Crippen MR) is 184 cm³/mol. The lowest BCUT2D eigenvalue weighted by Crippen LogP contribution is -2.45. The number of allylic oxidation sites excluding steroid dienone is 1. The van der Waals surface area contributed by atoms with Crippen LogP contribution in [-0.4, -0.2) is 66.3 Å². The summed E-state index contributed by atoms with van der Waals surface area (Å²) in [7, 11) is 3.26. The summed E-state index contributed by atoms with van der Waals surface area (Å²) in [5.41, 5.74) is 4.41. The van der Waals surface area contributed by atoms with E-state index in [1.807, 2.05) is 84.9 Å². The summed E-state index contributed by atoms with van der Waals surface area (Å²) < 4.78 is 10.7. The highest BCUT2D eigenvalue weighted by Crippen LogP contribution is 2.45. The summed E-state index contributed by atoms with van der Waals surface area (Å²) in [4.78, 5) is 43.0. The molecule has 8 rings (SSSR count). The fourth-order valence-corrected chi connectivity index (χ4v) is 7.45. The van der Waals surface area contributed by atoms with Crippen LogP contribution in [0.1, 0.15) is 36.4 Å². The summed E-state index contributed by atoms with van der Waals surface area (Å²) in [6.45, 7) is -0.263. The molecule has 4 atom stereocenters. The molecule has 11 nitrogen and oxygen atoms in total. The van der Waals surface area contributed by atoms with Crippen molar-refractivity contribution in [2.75, 3.05) is 25.7 Å². The van der Waals surface area contributed by atoms with Gasteiger partial charge in [-0.2, -0.15) is 10.2 Å². The molecular formula is C38H34N6O5. The number of amides is 3. The minimum absolute atomic E-state index is 0.0277. The van der Waals surface area contributed by atoms with Gasteiger partial charge in [0.25, 0.3) is 17.7 Å². The first-order valence-electron chi connectivity index (χ1n) is 16.4. The number of imide groups is 1. The van der Waals surface area contributed by atoms with Crippen LogP contribution in [0, 0.1) is 5.92 Å². The number of hydrogen-bond acceptors (Lipinski definition) is 9. The Morgan fingerprint density at radius 2 is 1.57 bits per heavy atom. The van der Waals surface area contributed by atoms with E-state index in [2.05, 4.69) is 16.4 Å². The Balaban J connectivity index is 1.10. The first kappa shape index (κ1) is 30.5. The highest BCUT2D eigenvalue weighted by atomic mass is 16.5. The van der Waals surface area contributed by atoms with Crippen molar-refractivity contribution in [2.24, 2.45) is 21.4 Å². The average Bonchev–Trinajstić information content (AvgIpc) is 3.81. The molecule has 1 saturated heterocycles. The average molecular weight is 655 g/mol. The third kappa shape index (κ3) is 5.22. The number of benzene rings is 4. The second-order valence-electron chi connectivity index (χ2n) is 12.6. The van der Waals surface area contributed by atoms with Crippen LogP contribution in [0.4, 0.5) is 5.69 Å². The van der Waals surface area contributed by atoms with Crippen LogP contribution in [0.15, 0.2) is 112 Å². The standard InChI is InChI=1S/C38H34N6O5/c1-48-27-17-13-23(14-18-27)21-26-9-5-11-30-33(26)40-44(35(30)25-15-19-28(49-2)20-16-25)32(45)22-42-36-34(39-41-42)37(46)43(38(36)47)31-12-6-8-24-7-3-4-10-29(24)31/h3-4,6-8,10,12-21,30,34-36H,5,9,11,22H2,1-2H3. The Kier molecular flexibility index (Phi) is 7.66. The Morgan fingerprint density at radius 1 is 0.857 bits per heavy atom. The van der Waals surface area contributed by atoms with Crippen molar-refractivity contribution in [3.8, 4) is 11.5 Å². The van der Waals surface area contributed by atoms with Crippen molar-refractivity contribution in [3.05, 3.63) is 108 Å². The van der Waals surface area contributed by atoms with Gasteiger partial charge in [-0.15, -0.1) is 0 Å². The van der Waals surface area contributed by atoms with E-state index in [1.165, 1.54) is 9.91 Å². The van der Waals surface area contributed by atoms with Crippen LogP contribution < -0.4 is 14.4 Å². The van der Waals surface area contributed by atoms with E-state index in [-0.39, 0.29) is 24.4 Å². The van der Waals surface area contributed by atoms with Gasteiger partial charge in [0.05, 0.1) is 31.7 Å². The van der Waals surface area contributed by atoms with Gasteiger partial charge in [-0.05, 0) is 77.8 Å². The minimum atomic E-state index is -1.02. The van der Waals surface area contributed by atoms with Crippen LogP contribution in [0.2, 0.25) is 0 Å². The molecule has 3 amide bonds. The normalized spacial score (nSPS) is 23.7. The van der Waals surface area contributed by atoms with Crippen molar-refractivity contribution >= 4 is 46.0 Å². The number of anilines is 1. The Morgan fingerprint density at radius 3 is 2.33 bits per heavy atom. The highest BCUT2D eigenvalue weighted by molar-refractivity contribution is 6.27. The zero-order valence-corrected chi connectivity index (χ0v) is 27.1. The second kappa shape index (κ2) is 12.3. The van der Waals surface area contributed by atoms with E-state index in [1.54, 1.807) is 25.3 Å². The van der Waals surface area contributed by atoms with Gasteiger partial charge < -0.3 is 9.47 Å². The maximum absolute atomic E-state index is 14.3. The highest BCUT2D eigenvalue weighted by Gasteiger charge is 2.56. The quantitative estimate of drug-likeness (QED) is 0.227. The third-order valence-corrected chi connectivity index (χ3v) is 9.83. The lowest BCUT2D eigenvalue weighted by Gasteiger charge is -2.30. The molecule has 1 aliphatic carbocycles. The number of fused-ring (bicyclic) bond motifs is 3. The number of ether oxygens (including phenoxy) is 2. The molecular weight excluding hydrogens is 620 g/mol. The fraction of sp³-hybridized carbons (Fsp3) is 0.263. The third-order valence-electron chi connectivity index (χ3n) is 9.83. The Bertz CT molecular complexity index is 2050. The zero-order chi connectivity index (χ0) is 33.6. The Hall–Kier alpha value is -5.84. The van der Waals surface area contributed by atoms with Crippen molar-refractivity contribution < 1.29 is 23.9 Å². The number of methoxy groups -OCH3 is 2. The molecule has 246 valence electrons. The Labute approximate surface area is 283 Å². The molecule has 3 aliphatic heterocycles. The van der Waals surface area contributed by atoms with Gasteiger partial charge in [0.15, 0.2) is 12.1 Å².